The summed E-state index contributed by atoms with van der Waals surface area (Å²) in [5.74, 6) is 0.840. The lowest BCUT2D eigenvalue weighted by Crippen LogP contribution is -2.27. The highest BCUT2D eigenvalue weighted by atomic mass is 16.5. The molecule has 0 aromatic heterocycles. The van der Waals surface area contributed by atoms with Crippen LogP contribution in [0.25, 0.3) is 0 Å². The van der Waals surface area contributed by atoms with E-state index in [1.165, 1.54) is 12.8 Å². The first-order chi connectivity index (χ1) is 9.26. The van der Waals surface area contributed by atoms with E-state index >= 15 is 0 Å². The van der Waals surface area contributed by atoms with Crippen LogP contribution in [0.4, 0.5) is 5.69 Å². The third-order valence-corrected chi connectivity index (χ3v) is 3.28. The van der Waals surface area contributed by atoms with E-state index in [2.05, 4.69) is 17.6 Å². The zero-order valence-corrected chi connectivity index (χ0v) is 11.7. The first-order valence-electron chi connectivity index (χ1n) is 7.07. The molecule has 0 aliphatic carbocycles. The summed E-state index contributed by atoms with van der Waals surface area (Å²) in [4.78, 5) is 11.8. The lowest BCUT2D eigenvalue weighted by Gasteiger charge is -2.10. The number of rotatable bonds is 7. The van der Waals surface area contributed by atoms with Crippen LogP contribution < -0.4 is 15.4 Å². The highest BCUT2D eigenvalue weighted by Gasteiger charge is 2.29. The van der Waals surface area contributed by atoms with Crippen molar-refractivity contribution in [2.24, 2.45) is 0 Å². The Balaban J connectivity index is 2.01. The van der Waals surface area contributed by atoms with Crippen LogP contribution in [-0.4, -0.2) is 19.1 Å². The zero-order valence-electron chi connectivity index (χ0n) is 11.7. The first kappa shape index (κ1) is 13.9. The fourth-order valence-electron chi connectivity index (χ4n) is 2.28. The number of likely N-dealkylation sites (N-methyl/N-ethyl adjacent to an activating group) is 1. The van der Waals surface area contributed by atoms with Crippen LogP contribution in [0.15, 0.2) is 18.2 Å². The van der Waals surface area contributed by atoms with Gasteiger partial charge in [-0.15, -0.1) is 0 Å². The fraction of sp³-hybridized carbons (Fsp3) is 0.533. The minimum Gasteiger partial charge on any atom is -0.494 e. The molecule has 1 aliphatic rings. The van der Waals surface area contributed by atoms with Crippen molar-refractivity contribution in [3.05, 3.63) is 23.8 Å². The molecule has 0 saturated heterocycles. The Labute approximate surface area is 114 Å². The summed E-state index contributed by atoms with van der Waals surface area (Å²) < 4.78 is 5.69. The number of amides is 1. The number of unbranched alkanes of at least 4 members (excludes halogenated alkanes) is 2. The van der Waals surface area contributed by atoms with Crippen LogP contribution in [0.5, 0.6) is 5.75 Å². The number of hydrogen-bond acceptors (Lipinski definition) is 3. The van der Waals surface area contributed by atoms with Gasteiger partial charge in [-0.2, -0.15) is 0 Å². The molecule has 2 rings (SSSR count). The molecule has 1 aromatic rings. The molecule has 0 fully saturated rings. The van der Waals surface area contributed by atoms with E-state index in [0.717, 1.165) is 36.6 Å². The van der Waals surface area contributed by atoms with Crippen molar-refractivity contribution >= 4 is 11.6 Å². The number of fused-ring (bicyclic) bond motifs is 1. The summed E-state index contributed by atoms with van der Waals surface area (Å²) in [7, 11) is 0. The number of carbonyl (C=O) groups excluding carboxylic acids is 1. The lowest BCUT2D eigenvalue weighted by molar-refractivity contribution is -0.117. The summed E-state index contributed by atoms with van der Waals surface area (Å²) >= 11 is 0. The SMILES string of the molecule is CCCCCOc1ccc2c(c1)NC(=O)C2NCC. The molecular formula is C15H22N2O2. The van der Waals surface area contributed by atoms with Crippen molar-refractivity contribution in [1.82, 2.24) is 5.32 Å². The molecule has 4 nitrogen and oxygen atoms in total. The zero-order chi connectivity index (χ0) is 13.7. The van der Waals surface area contributed by atoms with Gasteiger partial charge < -0.3 is 15.4 Å². The van der Waals surface area contributed by atoms with Crippen LogP contribution in [0.3, 0.4) is 0 Å². The first-order valence-corrected chi connectivity index (χ1v) is 7.07. The van der Waals surface area contributed by atoms with Gasteiger partial charge in [-0.1, -0.05) is 32.8 Å². The molecule has 1 atom stereocenters. The quantitative estimate of drug-likeness (QED) is 0.743. The largest absolute Gasteiger partial charge is 0.494 e. The molecule has 1 aromatic carbocycles. The number of nitrogens with one attached hydrogen (secondary N) is 2. The van der Waals surface area contributed by atoms with Crippen LogP contribution in [0, 0.1) is 0 Å². The Morgan fingerprint density at radius 3 is 2.89 bits per heavy atom. The Hall–Kier alpha value is -1.55. The van der Waals surface area contributed by atoms with Crippen molar-refractivity contribution < 1.29 is 9.53 Å². The minimum absolute atomic E-state index is 0.0139. The Morgan fingerprint density at radius 2 is 2.16 bits per heavy atom. The maximum Gasteiger partial charge on any atom is 0.246 e. The van der Waals surface area contributed by atoms with Gasteiger partial charge in [-0.25, -0.2) is 0 Å². The maximum atomic E-state index is 11.8. The highest BCUT2D eigenvalue weighted by molar-refractivity contribution is 6.02. The molecule has 0 radical (unpaired) electrons. The van der Waals surface area contributed by atoms with Gasteiger partial charge in [-0.3, -0.25) is 4.79 Å². The van der Waals surface area contributed by atoms with Crippen LogP contribution in [0.1, 0.15) is 44.7 Å². The van der Waals surface area contributed by atoms with Gasteiger partial charge in [0.2, 0.25) is 5.91 Å². The summed E-state index contributed by atoms with van der Waals surface area (Å²) in [6.07, 6.45) is 3.44. The second-order valence-corrected chi connectivity index (χ2v) is 4.78. The number of benzene rings is 1. The molecule has 1 heterocycles. The minimum atomic E-state index is -0.228. The number of carbonyl (C=O) groups is 1. The summed E-state index contributed by atoms with van der Waals surface area (Å²) in [5.41, 5.74) is 1.87. The second-order valence-electron chi connectivity index (χ2n) is 4.78. The van der Waals surface area contributed by atoms with Gasteiger partial charge >= 0.3 is 0 Å². The molecule has 2 N–H and O–H groups in total. The van der Waals surface area contributed by atoms with Crippen molar-refractivity contribution in [2.75, 3.05) is 18.5 Å². The fourth-order valence-corrected chi connectivity index (χ4v) is 2.28. The normalized spacial score (nSPS) is 17.2. The van der Waals surface area contributed by atoms with E-state index in [4.69, 9.17) is 4.74 Å². The van der Waals surface area contributed by atoms with E-state index in [0.29, 0.717) is 0 Å². The third-order valence-electron chi connectivity index (χ3n) is 3.28. The van der Waals surface area contributed by atoms with Gasteiger partial charge in [0, 0.05) is 17.3 Å². The molecule has 19 heavy (non-hydrogen) atoms. The molecule has 1 unspecified atom stereocenters. The van der Waals surface area contributed by atoms with E-state index < -0.39 is 0 Å². The molecule has 1 aliphatic heterocycles. The van der Waals surface area contributed by atoms with Crippen molar-refractivity contribution in [2.45, 2.75) is 39.2 Å². The van der Waals surface area contributed by atoms with Gasteiger partial charge in [0.1, 0.15) is 11.8 Å². The monoisotopic (exact) mass is 262 g/mol. The van der Waals surface area contributed by atoms with Gasteiger partial charge in [0.25, 0.3) is 0 Å². The van der Waals surface area contributed by atoms with E-state index in [9.17, 15) is 4.79 Å². The highest BCUT2D eigenvalue weighted by Crippen LogP contribution is 2.33. The summed E-state index contributed by atoms with van der Waals surface area (Å²) in [6.45, 7) is 5.67. The summed E-state index contributed by atoms with van der Waals surface area (Å²) in [6, 6.07) is 5.59. The van der Waals surface area contributed by atoms with E-state index in [1.807, 2.05) is 25.1 Å². The van der Waals surface area contributed by atoms with Crippen molar-refractivity contribution in [3.8, 4) is 5.75 Å². The molecule has 104 valence electrons. The van der Waals surface area contributed by atoms with E-state index in [1.54, 1.807) is 0 Å². The standard InChI is InChI=1S/C15H22N2O2/c1-3-5-6-9-19-11-7-8-12-13(10-11)17-15(18)14(12)16-4-2/h7-8,10,14,16H,3-6,9H2,1-2H3,(H,17,18). The van der Waals surface area contributed by atoms with Crippen molar-refractivity contribution in [3.63, 3.8) is 0 Å². The average Bonchev–Trinajstić information content (AvgIpc) is 2.71. The average molecular weight is 262 g/mol. The second kappa shape index (κ2) is 6.57. The smallest absolute Gasteiger partial charge is 0.246 e. The topological polar surface area (TPSA) is 50.4 Å². The molecular weight excluding hydrogens is 240 g/mol. The molecule has 4 heteroatoms. The van der Waals surface area contributed by atoms with Gasteiger partial charge in [0.05, 0.1) is 6.61 Å². The number of anilines is 1. The van der Waals surface area contributed by atoms with Crippen LogP contribution >= 0.6 is 0 Å². The molecule has 0 bridgehead atoms. The van der Waals surface area contributed by atoms with Gasteiger partial charge in [0.15, 0.2) is 0 Å². The van der Waals surface area contributed by atoms with Gasteiger partial charge in [-0.05, 0) is 19.0 Å². The maximum absolute atomic E-state index is 11.8. The number of ether oxygens (including phenoxy) is 1. The molecule has 0 saturated carbocycles. The Kier molecular flexibility index (Phi) is 4.80. The third kappa shape index (κ3) is 3.26. The predicted octanol–water partition coefficient (Wildman–Crippen LogP) is 2.86. The predicted molar refractivity (Wildman–Crippen MR) is 76.5 cm³/mol. The van der Waals surface area contributed by atoms with Crippen LogP contribution in [0.2, 0.25) is 0 Å². The van der Waals surface area contributed by atoms with Crippen LogP contribution in [-0.2, 0) is 4.79 Å². The Morgan fingerprint density at radius 1 is 1.32 bits per heavy atom. The number of hydrogen-bond donors (Lipinski definition) is 2. The van der Waals surface area contributed by atoms with Crippen molar-refractivity contribution in [1.29, 1.82) is 0 Å². The van der Waals surface area contributed by atoms with E-state index in [-0.39, 0.29) is 11.9 Å². The molecule has 1 amide bonds. The Bertz CT molecular complexity index is 446. The summed E-state index contributed by atoms with van der Waals surface area (Å²) in [5, 5.41) is 6.07. The lowest BCUT2D eigenvalue weighted by atomic mass is 10.1. The molecule has 0 spiro atoms.